The molecule has 0 aliphatic carbocycles. The number of nitrogens with one attached hydrogen (secondary N) is 1. The first-order valence-corrected chi connectivity index (χ1v) is 9.81. The van der Waals surface area contributed by atoms with Gasteiger partial charge in [-0.1, -0.05) is 0 Å². The Morgan fingerprint density at radius 1 is 1.22 bits per heavy atom. The Balaban J connectivity index is 1.99. The first-order valence-electron chi connectivity index (χ1n) is 8.32. The summed E-state index contributed by atoms with van der Waals surface area (Å²) in [7, 11) is -3.39. The van der Waals surface area contributed by atoms with Crippen molar-refractivity contribution in [2.75, 3.05) is 18.4 Å². The molecule has 1 N–H and O–H groups in total. The summed E-state index contributed by atoms with van der Waals surface area (Å²) in [4.78, 5) is 6.65. The van der Waals surface area contributed by atoms with Gasteiger partial charge in [-0.15, -0.1) is 0 Å². The Morgan fingerprint density at radius 3 is 2.26 bits per heavy atom. The van der Waals surface area contributed by atoms with Gasteiger partial charge in [-0.3, -0.25) is 0 Å². The molecule has 1 aromatic rings. The van der Waals surface area contributed by atoms with E-state index in [0.717, 1.165) is 31.6 Å². The van der Waals surface area contributed by atoms with Gasteiger partial charge in [0.1, 0.15) is 0 Å². The van der Waals surface area contributed by atoms with E-state index in [2.05, 4.69) is 29.0 Å². The summed E-state index contributed by atoms with van der Waals surface area (Å²) in [6, 6.07) is 4.45. The molecule has 130 valence electrons. The third-order valence-electron chi connectivity index (χ3n) is 4.45. The van der Waals surface area contributed by atoms with Crippen molar-refractivity contribution in [2.45, 2.75) is 69.3 Å². The second-order valence-corrected chi connectivity index (χ2v) is 10.2. The van der Waals surface area contributed by atoms with Crippen molar-refractivity contribution in [3.05, 3.63) is 18.3 Å². The quantitative estimate of drug-likeness (QED) is 0.914. The molecule has 1 saturated heterocycles. The minimum Gasteiger partial charge on any atom is -0.381 e. The third-order valence-corrected chi connectivity index (χ3v) is 6.85. The van der Waals surface area contributed by atoms with Crippen LogP contribution in [0.4, 0.5) is 5.69 Å². The van der Waals surface area contributed by atoms with Crippen LogP contribution in [0.25, 0.3) is 0 Å². The van der Waals surface area contributed by atoms with Crippen molar-refractivity contribution in [2.24, 2.45) is 0 Å². The number of rotatable bonds is 4. The van der Waals surface area contributed by atoms with E-state index < -0.39 is 14.6 Å². The van der Waals surface area contributed by atoms with Gasteiger partial charge in [-0.25, -0.2) is 13.4 Å². The molecule has 0 unspecified atom stereocenters. The minimum absolute atomic E-state index is 0.144. The maximum absolute atomic E-state index is 12.4. The highest BCUT2D eigenvalue weighted by molar-refractivity contribution is 7.92. The molecule has 0 saturated carbocycles. The molecule has 1 aliphatic rings. The van der Waals surface area contributed by atoms with Crippen LogP contribution in [0.1, 0.15) is 47.5 Å². The zero-order valence-corrected chi connectivity index (χ0v) is 15.7. The smallest absolute Gasteiger partial charge is 0.200 e. The van der Waals surface area contributed by atoms with Gasteiger partial charge in [-0.2, -0.15) is 0 Å². The second kappa shape index (κ2) is 6.77. The predicted molar refractivity (Wildman–Crippen MR) is 94.5 cm³/mol. The Hall–Kier alpha value is -1.14. The van der Waals surface area contributed by atoms with Crippen LogP contribution < -0.4 is 5.32 Å². The van der Waals surface area contributed by atoms with Gasteiger partial charge in [0.05, 0.1) is 16.6 Å². The molecule has 2 rings (SSSR count). The molecule has 6 heteroatoms. The van der Waals surface area contributed by atoms with E-state index in [9.17, 15) is 8.42 Å². The van der Waals surface area contributed by atoms with E-state index in [0.29, 0.717) is 12.1 Å². The predicted octanol–water partition coefficient (Wildman–Crippen LogP) is 2.94. The fraction of sp³-hybridized carbons (Fsp3) is 0.706. The molecule has 2 heterocycles. The zero-order chi connectivity index (χ0) is 17.3. The maximum atomic E-state index is 12.4. The standard InChI is InChI=1S/C17H29N3O2S/c1-13(2)20-10-8-14(9-11-20)19-15-6-7-16(18-12-15)23(21,22)17(3,4)5/h6-7,12-14,19H,8-11H2,1-5H3. The lowest BCUT2D eigenvalue weighted by atomic mass is 10.0. The monoisotopic (exact) mass is 339 g/mol. The van der Waals surface area contributed by atoms with Crippen LogP contribution in [0.2, 0.25) is 0 Å². The van der Waals surface area contributed by atoms with Crippen molar-refractivity contribution in [1.29, 1.82) is 0 Å². The van der Waals surface area contributed by atoms with Crippen LogP contribution in [-0.4, -0.2) is 48.2 Å². The van der Waals surface area contributed by atoms with Gasteiger partial charge < -0.3 is 10.2 Å². The Kier molecular flexibility index (Phi) is 5.36. The molecule has 23 heavy (non-hydrogen) atoms. The first kappa shape index (κ1) is 18.2. The van der Waals surface area contributed by atoms with Crippen LogP contribution in [0.5, 0.6) is 0 Å². The zero-order valence-electron chi connectivity index (χ0n) is 14.8. The van der Waals surface area contributed by atoms with Crippen molar-refractivity contribution < 1.29 is 8.42 Å². The summed E-state index contributed by atoms with van der Waals surface area (Å²) in [5, 5.41) is 3.62. The molecule has 0 atom stereocenters. The summed E-state index contributed by atoms with van der Waals surface area (Å²) in [5.74, 6) is 0. The largest absolute Gasteiger partial charge is 0.381 e. The minimum atomic E-state index is -3.39. The molecule has 0 amide bonds. The van der Waals surface area contributed by atoms with Gasteiger partial charge in [0, 0.05) is 25.2 Å². The van der Waals surface area contributed by atoms with Gasteiger partial charge in [0.25, 0.3) is 0 Å². The first-order chi connectivity index (χ1) is 10.6. The number of likely N-dealkylation sites (tertiary alicyclic amines) is 1. The number of sulfone groups is 1. The van der Waals surface area contributed by atoms with Crippen molar-refractivity contribution in [1.82, 2.24) is 9.88 Å². The van der Waals surface area contributed by atoms with E-state index in [4.69, 9.17) is 0 Å². The number of anilines is 1. The third kappa shape index (κ3) is 4.23. The topological polar surface area (TPSA) is 62.3 Å². The van der Waals surface area contributed by atoms with Crippen molar-refractivity contribution in [3.63, 3.8) is 0 Å². The Labute approximate surface area is 140 Å². The lowest BCUT2D eigenvalue weighted by Crippen LogP contribution is -2.42. The van der Waals surface area contributed by atoms with Crippen LogP contribution in [0, 0.1) is 0 Å². The summed E-state index contributed by atoms with van der Waals surface area (Å²) < 4.78 is 23.9. The number of aromatic nitrogens is 1. The number of piperidine rings is 1. The van der Waals surface area contributed by atoms with Gasteiger partial charge >= 0.3 is 0 Å². The number of pyridine rings is 1. The molecular weight excluding hydrogens is 310 g/mol. The maximum Gasteiger partial charge on any atom is 0.200 e. The summed E-state index contributed by atoms with van der Waals surface area (Å²) >= 11 is 0. The lowest BCUT2D eigenvalue weighted by molar-refractivity contribution is 0.177. The van der Waals surface area contributed by atoms with E-state index >= 15 is 0 Å². The molecule has 0 bridgehead atoms. The molecule has 5 nitrogen and oxygen atoms in total. The molecule has 1 aromatic heterocycles. The molecule has 0 radical (unpaired) electrons. The van der Waals surface area contributed by atoms with E-state index in [1.54, 1.807) is 33.0 Å². The average Bonchev–Trinajstić information content (AvgIpc) is 2.47. The molecule has 1 fully saturated rings. The average molecular weight is 340 g/mol. The SMILES string of the molecule is CC(C)N1CCC(Nc2ccc(S(=O)(=O)C(C)(C)C)nc2)CC1. The molecule has 1 aliphatic heterocycles. The number of nitrogens with zero attached hydrogens (tertiary/aromatic N) is 2. The number of hydrogen-bond donors (Lipinski definition) is 1. The summed E-state index contributed by atoms with van der Waals surface area (Å²) in [5.41, 5.74) is 0.890. The van der Waals surface area contributed by atoms with Crippen LogP contribution in [0.3, 0.4) is 0 Å². The Morgan fingerprint density at radius 2 is 1.83 bits per heavy atom. The van der Waals surface area contributed by atoms with Gasteiger partial charge in [-0.05, 0) is 59.6 Å². The van der Waals surface area contributed by atoms with Crippen LogP contribution in [0.15, 0.2) is 23.4 Å². The molecule has 0 aromatic carbocycles. The summed E-state index contributed by atoms with van der Waals surface area (Å²) in [6.07, 6.45) is 3.83. The van der Waals surface area contributed by atoms with Gasteiger partial charge in [0.2, 0.25) is 0 Å². The highest BCUT2D eigenvalue weighted by Crippen LogP contribution is 2.24. The Bertz CT molecular complexity index is 610. The van der Waals surface area contributed by atoms with Crippen LogP contribution >= 0.6 is 0 Å². The van der Waals surface area contributed by atoms with Gasteiger partial charge in [0.15, 0.2) is 14.9 Å². The van der Waals surface area contributed by atoms with Crippen molar-refractivity contribution in [3.8, 4) is 0 Å². The van der Waals surface area contributed by atoms with E-state index in [1.807, 2.05) is 6.07 Å². The highest BCUT2D eigenvalue weighted by atomic mass is 32.2. The number of hydrogen-bond acceptors (Lipinski definition) is 5. The van der Waals surface area contributed by atoms with E-state index in [1.165, 1.54) is 0 Å². The second-order valence-electron chi connectivity index (χ2n) is 7.55. The van der Waals surface area contributed by atoms with Crippen LogP contribution in [-0.2, 0) is 9.84 Å². The fourth-order valence-electron chi connectivity index (χ4n) is 2.73. The van der Waals surface area contributed by atoms with E-state index in [-0.39, 0.29) is 5.03 Å². The molecule has 0 spiro atoms. The van der Waals surface area contributed by atoms with Crippen molar-refractivity contribution >= 4 is 15.5 Å². The normalized spacial score (nSPS) is 18.3. The molecular formula is C17H29N3O2S. The fourth-order valence-corrected chi connectivity index (χ4v) is 3.80. The highest BCUT2D eigenvalue weighted by Gasteiger charge is 2.32. The lowest BCUT2D eigenvalue weighted by Gasteiger charge is -2.35. The summed E-state index contributed by atoms with van der Waals surface area (Å²) in [6.45, 7) is 11.7.